The summed E-state index contributed by atoms with van der Waals surface area (Å²) in [6.07, 6.45) is 20.0. The van der Waals surface area contributed by atoms with Gasteiger partial charge in [-0.3, -0.25) is 4.79 Å². The monoisotopic (exact) mass is 694 g/mol. The van der Waals surface area contributed by atoms with E-state index in [2.05, 4.69) is 56.8 Å². The quantitative estimate of drug-likeness (QED) is 0.101. The molecule has 0 atom stereocenters. The number of nitrogens with zero attached hydrogens (tertiary/aromatic N) is 1. The first-order valence-electron chi connectivity index (χ1n) is 16.5. The van der Waals surface area contributed by atoms with E-state index in [0.717, 1.165) is 43.7 Å². The molecule has 1 aromatic carbocycles. The standard InChI is InChI=1S/C36H58N2O3.HI/c1-6-8-9-10-11-12-13-14-15-16-17-20-28-40-34-23-22-32(29-33(34)36(3,4)5)41-30-35(39)37-25-24-31-21-18-19-27-38(31)26-7-2;/h18-19,21-23,27,29H,6-17,20,24-26,28,30H2,1-5H3;1H. The van der Waals surface area contributed by atoms with E-state index in [-0.39, 0.29) is 41.9 Å². The number of carbonyl (C=O) groups is 1. The Morgan fingerprint density at radius 1 is 0.810 bits per heavy atom. The van der Waals surface area contributed by atoms with Crippen molar-refractivity contribution in [1.82, 2.24) is 5.32 Å². The van der Waals surface area contributed by atoms with Crippen molar-refractivity contribution >= 4 is 5.91 Å². The van der Waals surface area contributed by atoms with Crippen molar-refractivity contribution in [2.75, 3.05) is 19.8 Å². The Kier molecular flexibility index (Phi) is 20.6. The highest BCUT2D eigenvalue weighted by Crippen LogP contribution is 2.34. The Balaban J connectivity index is 0.00000882. The summed E-state index contributed by atoms with van der Waals surface area (Å²) in [5, 5.41) is 2.99. The summed E-state index contributed by atoms with van der Waals surface area (Å²) in [5.74, 6) is 1.51. The second-order valence-electron chi connectivity index (χ2n) is 12.4. The van der Waals surface area contributed by atoms with E-state index in [9.17, 15) is 4.79 Å². The Labute approximate surface area is 274 Å². The molecule has 0 unspecified atom stereocenters. The van der Waals surface area contributed by atoms with Crippen LogP contribution in [-0.4, -0.2) is 25.7 Å². The maximum atomic E-state index is 12.4. The molecule has 238 valence electrons. The number of aryl methyl sites for hydroxylation is 1. The SMILES string of the molecule is CCCCCCCCCCCCCCOc1ccc(OCC(=O)NCCc2cccc[n+]2CCC)cc1C(C)(C)C.[I-]. The third-order valence-electron chi connectivity index (χ3n) is 7.59. The van der Waals surface area contributed by atoms with Gasteiger partial charge in [-0.2, -0.15) is 0 Å². The number of rotatable bonds is 22. The van der Waals surface area contributed by atoms with E-state index < -0.39 is 0 Å². The number of halogens is 1. The Bertz CT molecular complexity index is 990. The lowest BCUT2D eigenvalue weighted by molar-refractivity contribution is -0.704. The van der Waals surface area contributed by atoms with Crippen molar-refractivity contribution in [2.24, 2.45) is 0 Å². The normalized spacial score (nSPS) is 11.2. The fourth-order valence-electron chi connectivity index (χ4n) is 5.16. The maximum Gasteiger partial charge on any atom is 0.257 e. The van der Waals surface area contributed by atoms with Gasteiger partial charge in [0.25, 0.3) is 5.91 Å². The number of hydrogen-bond acceptors (Lipinski definition) is 3. The van der Waals surface area contributed by atoms with Crippen LogP contribution in [0.3, 0.4) is 0 Å². The summed E-state index contributed by atoms with van der Waals surface area (Å²) < 4.78 is 14.3. The first-order chi connectivity index (χ1) is 19.8. The van der Waals surface area contributed by atoms with E-state index in [1.165, 1.54) is 76.3 Å². The fourth-order valence-corrected chi connectivity index (χ4v) is 5.16. The number of ether oxygens (including phenoxy) is 2. The number of unbranched alkanes of at least 4 members (excludes halogenated alkanes) is 11. The number of nitrogens with one attached hydrogen (secondary N) is 1. The average Bonchev–Trinajstić information content (AvgIpc) is 2.95. The average molecular weight is 695 g/mol. The van der Waals surface area contributed by atoms with Gasteiger partial charge in [-0.05, 0) is 30.0 Å². The number of pyridine rings is 1. The number of amides is 1. The third kappa shape index (κ3) is 16.1. The molecule has 1 amide bonds. The van der Waals surface area contributed by atoms with Gasteiger partial charge in [-0.25, -0.2) is 4.57 Å². The van der Waals surface area contributed by atoms with Crippen LogP contribution in [0.1, 0.15) is 129 Å². The molecule has 0 bridgehead atoms. The summed E-state index contributed by atoms with van der Waals surface area (Å²) >= 11 is 0. The van der Waals surface area contributed by atoms with Crippen molar-refractivity contribution in [2.45, 2.75) is 136 Å². The van der Waals surface area contributed by atoms with Crippen molar-refractivity contribution in [3.63, 3.8) is 0 Å². The topological polar surface area (TPSA) is 51.4 Å². The van der Waals surface area contributed by atoms with Crippen LogP contribution in [0.25, 0.3) is 0 Å². The lowest BCUT2D eigenvalue weighted by atomic mass is 9.86. The molecular weight excluding hydrogens is 635 g/mol. The molecule has 2 rings (SSSR count). The van der Waals surface area contributed by atoms with Gasteiger partial charge in [0.1, 0.15) is 18.0 Å². The molecular formula is C36H59IN2O3. The lowest BCUT2D eigenvalue weighted by Gasteiger charge is -2.24. The predicted molar refractivity (Wildman–Crippen MR) is 171 cm³/mol. The molecule has 0 aliphatic rings. The van der Waals surface area contributed by atoms with Crippen molar-refractivity contribution < 1.29 is 42.8 Å². The Hall–Kier alpha value is -1.83. The number of aromatic nitrogens is 1. The van der Waals surface area contributed by atoms with Crippen LogP contribution in [0.4, 0.5) is 0 Å². The highest BCUT2D eigenvalue weighted by molar-refractivity contribution is 5.77. The van der Waals surface area contributed by atoms with Crippen LogP contribution in [-0.2, 0) is 23.2 Å². The van der Waals surface area contributed by atoms with Gasteiger partial charge < -0.3 is 38.8 Å². The van der Waals surface area contributed by atoms with Crippen molar-refractivity contribution in [3.8, 4) is 11.5 Å². The molecule has 42 heavy (non-hydrogen) atoms. The largest absolute Gasteiger partial charge is 1.00 e. The summed E-state index contributed by atoms with van der Waals surface area (Å²) in [7, 11) is 0. The van der Waals surface area contributed by atoms with Crippen LogP contribution < -0.4 is 43.3 Å². The zero-order chi connectivity index (χ0) is 29.8. The van der Waals surface area contributed by atoms with Crippen molar-refractivity contribution in [1.29, 1.82) is 0 Å². The second-order valence-corrected chi connectivity index (χ2v) is 12.4. The molecule has 1 heterocycles. The molecule has 0 radical (unpaired) electrons. The third-order valence-corrected chi connectivity index (χ3v) is 7.59. The molecule has 5 nitrogen and oxygen atoms in total. The number of benzene rings is 1. The molecule has 0 aliphatic heterocycles. The molecule has 2 aromatic rings. The summed E-state index contributed by atoms with van der Waals surface area (Å²) in [4.78, 5) is 12.4. The molecule has 1 aromatic heterocycles. The van der Waals surface area contributed by atoms with Crippen LogP contribution in [0.2, 0.25) is 0 Å². The maximum absolute atomic E-state index is 12.4. The predicted octanol–water partition coefficient (Wildman–Crippen LogP) is 5.50. The van der Waals surface area contributed by atoms with Crippen LogP contribution >= 0.6 is 0 Å². The van der Waals surface area contributed by atoms with Gasteiger partial charge >= 0.3 is 0 Å². The van der Waals surface area contributed by atoms with Gasteiger partial charge in [0.15, 0.2) is 18.5 Å². The Morgan fingerprint density at radius 2 is 1.45 bits per heavy atom. The highest BCUT2D eigenvalue weighted by Gasteiger charge is 2.20. The van der Waals surface area contributed by atoms with Gasteiger partial charge in [0.2, 0.25) is 0 Å². The van der Waals surface area contributed by atoms with Crippen molar-refractivity contribution in [3.05, 3.63) is 53.9 Å². The molecule has 6 heteroatoms. The minimum Gasteiger partial charge on any atom is -1.00 e. The highest BCUT2D eigenvalue weighted by atomic mass is 127. The van der Waals surface area contributed by atoms with E-state index in [1.54, 1.807) is 0 Å². The molecule has 0 spiro atoms. The van der Waals surface area contributed by atoms with Gasteiger partial charge in [-0.1, -0.05) is 111 Å². The minimum absolute atomic E-state index is 0. The van der Waals surface area contributed by atoms with Crippen LogP contribution in [0, 0.1) is 0 Å². The lowest BCUT2D eigenvalue weighted by Crippen LogP contribution is -3.00. The molecule has 1 N–H and O–H groups in total. The summed E-state index contributed by atoms with van der Waals surface area (Å²) in [6.45, 7) is 13.3. The first kappa shape index (κ1) is 38.2. The Morgan fingerprint density at radius 3 is 2.07 bits per heavy atom. The number of carbonyl (C=O) groups excluding carboxylic acids is 1. The minimum atomic E-state index is -0.104. The van der Waals surface area contributed by atoms with Gasteiger partial charge in [0.05, 0.1) is 6.61 Å². The molecule has 0 saturated heterocycles. The second kappa shape index (κ2) is 22.7. The van der Waals surface area contributed by atoms with E-state index in [1.807, 2.05) is 30.3 Å². The summed E-state index contributed by atoms with van der Waals surface area (Å²) in [5.41, 5.74) is 2.25. The molecule has 0 saturated carbocycles. The van der Waals surface area contributed by atoms with Gasteiger partial charge in [0, 0.05) is 37.1 Å². The van der Waals surface area contributed by atoms with Crippen LogP contribution in [0.15, 0.2) is 42.6 Å². The number of hydrogen-bond donors (Lipinski definition) is 1. The summed E-state index contributed by atoms with van der Waals surface area (Å²) in [6, 6.07) is 12.2. The van der Waals surface area contributed by atoms with E-state index >= 15 is 0 Å². The van der Waals surface area contributed by atoms with E-state index in [0.29, 0.717) is 12.3 Å². The first-order valence-corrected chi connectivity index (χ1v) is 16.5. The van der Waals surface area contributed by atoms with Crippen LogP contribution in [0.5, 0.6) is 11.5 Å². The zero-order valence-electron chi connectivity index (χ0n) is 27.3. The van der Waals surface area contributed by atoms with E-state index in [4.69, 9.17) is 9.47 Å². The smallest absolute Gasteiger partial charge is 0.257 e. The zero-order valence-corrected chi connectivity index (χ0v) is 29.5. The fraction of sp³-hybridized carbons (Fsp3) is 0.667. The molecule has 0 fully saturated rings. The molecule has 0 aliphatic carbocycles. The van der Waals surface area contributed by atoms with Gasteiger partial charge in [-0.15, -0.1) is 0 Å².